The van der Waals surface area contributed by atoms with Crippen LogP contribution in [0.25, 0.3) is 0 Å². The molecular formula is C16H27N3O. The molecule has 0 unspecified atom stereocenters. The molecule has 20 heavy (non-hydrogen) atoms. The summed E-state index contributed by atoms with van der Waals surface area (Å²) in [6, 6.07) is 0.375. The van der Waals surface area contributed by atoms with Crippen molar-refractivity contribution in [2.75, 3.05) is 0 Å². The highest BCUT2D eigenvalue weighted by Gasteiger charge is 2.17. The Morgan fingerprint density at radius 1 is 1.20 bits per heavy atom. The number of aromatic nitrogens is 2. The van der Waals surface area contributed by atoms with E-state index in [2.05, 4.69) is 10.4 Å². The van der Waals surface area contributed by atoms with Crippen molar-refractivity contribution in [1.82, 2.24) is 15.1 Å². The molecule has 0 bridgehead atoms. The molecule has 4 nitrogen and oxygen atoms in total. The van der Waals surface area contributed by atoms with E-state index in [-0.39, 0.29) is 5.91 Å². The van der Waals surface area contributed by atoms with Gasteiger partial charge in [0, 0.05) is 24.3 Å². The Balaban J connectivity index is 1.91. The third-order valence-corrected chi connectivity index (χ3v) is 4.47. The number of rotatable bonds is 3. The maximum Gasteiger partial charge on any atom is 0.224 e. The molecule has 0 saturated heterocycles. The van der Waals surface area contributed by atoms with Crippen molar-refractivity contribution >= 4 is 5.91 Å². The molecular weight excluding hydrogens is 250 g/mol. The predicted octanol–water partition coefficient (Wildman–Crippen LogP) is 2.81. The van der Waals surface area contributed by atoms with Gasteiger partial charge >= 0.3 is 0 Å². The van der Waals surface area contributed by atoms with Gasteiger partial charge in [0.1, 0.15) is 0 Å². The predicted molar refractivity (Wildman–Crippen MR) is 80.6 cm³/mol. The fourth-order valence-corrected chi connectivity index (χ4v) is 3.11. The van der Waals surface area contributed by atoms with E-state index in [4.69, 9.17) is 0 Å². The van der Waals surface area contributed by atoms with Gasteiger partial charge in [-0.15, -0.1) is 0 Å². The lowest BCUT2D eigenvalue weighted by atomic mass is 9.96. The van der Waals surface area contributed by atoms with Crippen molar-refractivity contribution in [3.8, 4) is 0 Å². The molecule has 1 heterocycles. The Morgan fingerprint density at radius 3 is 2.35 bits per heavy atom. The molecule has 0 atom stereocenters. The summed E-state index contributed by atoms with van der Waals surface area (Å²) >= 11 is 0. The van der Waals surface area contributed by atoms with Crippen LogP contribution >= 0.6 is 0 Å². The number of carbonyl (C=O) groups excluding carboxylic acids is 1. The number of aryl methyl sites for hydroxylation is 2. The number of amides is 1. The second kappa shape index (κ2) is 6.91. The van der Waals surface area contributed by atoms with E-state index in [1.807, 2.05) is 25.6 Å². The lowest BCUT2D eigenvalue weighted by Crippen LogP contribution is -2.36. The highest BCUT2D eigenvalue weighted by Crippen LogP contribution is 2.18. The van der Waals surface area contributed by atoms with Crippen LogP contribution < -0.4 is 5.32 Å². The molecule has 1 amide bonds. The second-order valence-electron chi connectivity index (χ2n) is 6.06. The van der Waals surface area contributed by atoms with Gasteiger partial charge in [-0.05, 0) is 26.7 Å². The summed E-state index contributed by atoms with van der Waals surface area (Å²) in [5.74, 6) is 0.148. The highest BCUT2D eigenvalue weighted by molar-refractivity contribution is 5.79. The van der Waals surface area contributed by atoms with Crippen molar-refractivity contribution in [2.24, 2.45) is 7.05 Å². The van der Waals surface area contributed by atoms with E-state index < -0.39 is 0 Å². The molecule has 1 aliphatic rings. The summed E-state index contributed by atoms with van der Waals surface area (Å²) in [4.78, 5) is 12.2. The molecule has 112 valence electrons. The smallest absolute Gasteiger partial charge is 0.224 e. The average molecular weight is 277 g/mol. The monoisotopic (exact) mass is 277 g/mol. The Morgan fingerprint density at radius 2 is 1.80 bits per heavy atom. The molecule has 1 aliphatic carbocycles. The van der Waals surface area contributed by atoms with Crippen molar-refractivity contribution in [3.63, 3.8) is 0 Å². The maximum absolute atomic E-state index is 12.2. The van der Waals surface area contributed by atoms with Crippen LogP contribution in [-0.4, -0.2) is 21.7 Å². The first-order valence-electron chi connectivity index (χ1n) is 7.86. The topological polar surface area (TPSA) is 46.9 Å². The van der Waals surface area contributed by atoms with Crippen LogP contribution in [-0.2, 0) is 18.3 Å². The number of nitrogens with one attached hydrogen (secondary N) is 1. The number of hydrogen-bond acceptors (Lipinski definition) is 2. The molecule has 1 aromatic heterocycles. The molecule has 1 N–H and O–H groups in total. The van der Waals surface area contributed by atoms with Crippen LogP contribution in [0.3, 0.4) is 0 Å². The number of nitrogens with zero attached hydrogens (tertiary/aromatic N) is 2. The van der Waals surface area contributed by atoms with Crippen molar-refractivity contribution < 1.29 is 4.79 Å². The molecule has 0 aliphatic heterocycles. The Labute approximate surface area is 121 Å². The molecule has 0 radical (unpaired) electrons. The van der Waals surface area contributed by atoms with Crippen LogP contribution in [0.15, 0.2) is 0 Å². The molecule has 1 aromatic rings. The lowest BCUT2D eigenvalue weighted by Gasteiger charge is -2.21. The molecule has 4 heteroatoms. The third-order valence-electron chi connectivity index (χ3n) is 4.47. The van der Waals surface area contributed by atoms with Crippen LogP contribution in [0, 0.1) is 13.8 Å². The van der Waals surface area contributed by atoms with Gasteiger partial charge in [-0.2, -0.15) is 5.10 Å². The zero-order valence-corrected chi connectivity index (χ0v) is 13.0. The van der Waals surface area contributed by atoms with Crippen molar-refractivity contribution in [1.29, 1.82) is 0 Å². The van der Waals surface area contributed by atoms with Gasteiger partial charge in [0.25, 0.3) is 0 Å². The maximum atomic E-state index is 12.2. The Hall–Kier alpha value is -1.32. The molecule has 0 spiro atoms. The summed E-state index contributed by atoms with van der Waals surface area (Å²) in [7, 11) is 1.93. The third kappa shape index (κ3) is 3.84. The van der Waals surface area contributed by atoms with Crippen LogP contribution in [0.2, 0.25) is 0 Å². The standard InChI is InChI=1S/C16H27N3O/c1-12-15(13(2)19(3)18-12)11-16(20)17-14-9-7-5-4-6-8-10-14/h14H,4-11H2,1-3H3,(H,17,20). The van der Waals surface area contributed by atoms with Crippen LogP contribution in [0.1, 0.15) is 61.9 Å². The summed E-state index contributed by atoms with van der Waals surface area (Å²) < 4.78 is 1.85. The van der Waals surface area contributed by atoms with Gasteiger partial charge in [0.2, 0.25) is 5.91 Å². The summed E-state index contributed by atoms with van der Waals surface area (Å²) in [6.45, 7) is 4.00. The van der Waals surface area contributed by atoms with Crippen LogP contribution in [0.5, 0.6) is 0 Å². The molecule has 0 aromatic carbocycles. The summed E-state index contributed by atoms with van der Waals surface area (Å²) in [6.07, 6.45) is 9.20. The molecule has 2 rings (SSSR count). The first kappa shape index (κ1) is 15.1. The average Bonchev–Trinajstić information content (AvgIpc) is 2.59. The zero-order valence-electron chi connectivity index (χ0n) is 13.0. The number of carbonyl (C=O) groups is 1. The summed E-state index contributed by atoms with van der Waals surface area (Å²) in [5, 5.41) is 7.60. The van der Waals surface area contributed by atoms with Gasteiger partial charge in [-0.25, -0.2) is 0 Å². The van der Waals surface area contributed by atoms with Crippen molar-refractivity contribution in [2.45, 2.75) is 71.3 Å². The van der Waals surface area contributed by atoms with E-state index in [1.165, 1.54) is 32.1 Å². The highest BCUT2D eigenvalue weighted by atomic mass is 16.1. The van der Waals surface area contributed by atoms with Gasteiger partial charge in [0.05, 0.1) is 12.1 Å². The van der Waals surface area contributed by atoms with Gasteiger partial charge < -0.3 is 5.32 Å². The minimum atomic E-state index is 0.148. The van der Waals surface area contributed by atoms with E-state index in [0.717, 1.165) is 29.8 Å². The first-order valence-corrected chi connectivity index (χ1v) is 7.86. The van der Waals surface area contributed by atoms with Crippen LogP contribution in [0.4, 0.5) is 0 Å². The largest absolute Gasteiger partial charge is 0.353 e. The minimum absolute atomic E-state index is 0.148. The first-order chi connectivity index (χ1) is 9.58. The van der Waals surface area contributed by atoms with Crippen molar-refractivity contribution in [3.05, 3.63) is 17.0 Å². The van der Waals surface area contributed by atoms with E-state index in [1.54, 1.807) is 0 Å². The van der Waals surface area contributed by atoms with E-state index >= 15 is 0 Å². The fourth-order valence-electron chi connectivity index (χ4n) is 3.11. The fraction of sp³-hybridized carbons (Fsp3) is 0.750. The van der Waals surface area contributed by atoms with Gasteiger partial charge in [-0.3, -0.25) is 9.48 Å². The summed E-state index contributed by atoms with van der Waals surface area (Å²) in [5.41, 5.74) is 3.14. The second-order valence-corrected chi connectivity index (χ2v) is 6.06. The molecule has 1 fully saturated rings. The Kier molecular flexibility index (Phi) is 5.21. The zero-order chi connectivity index (χ0) is 14.5. The Bertz CT molecular complexity index is 457. The lowest BCUT2D eigenvalue weighted by molar-refractivity contribution is -0.121. The van der Waals surface area contributed by atoms with Gasteiger partial charge in [0.15, 0.2) is 0 Å². The van der Waals surface area contributed by atoms with E-state index in [9.17, 15) is 4.79 Å². The molecule has 1 saturated carbocycles. The van der Waals surface area contributed by atoms with E-state index in [0.29, 0.717) is 12.5 Å². The van der Waals surface area contributed by atoms with Gasteiger partial charge in [-0.1, -0.05) is 32.1 Å². The minimum Gasteiger partial charge on any atom is -0.353 e. The normalized spacial score (nSPS) is 17.6. The SMILES string of the molecule is Cc1nn(C)c(C)c1CC(=O)NC1CCCCCCC1. The number of hydrogen-bond donors (Lipinski definition) is 1. The quantitative estimate of drug-likeness (QED) is 0.923.